The summed E-state index contributed by atoms with van der Waals surface area (Å²) < 4.78 is 5.20. The van der Waals surface area contributed by atoms with Crippen molar-refractivity contribution < 1.29 is 14.3 Å². The van der Waals surface area contributed by atoms with Gasteiger partial charge in [-0.05, 0) is 40.8 Å². The summed E-state index contributed by atoms with van der Waals surface area (Å²) in [5, 5.41) is 0. The lowest BCUT2D eigenvalue weighted by atomic mass is 10.2. The molecule has 1 saturated heterocycles. The minimum absolute atomic E-state index is 0.0566. The van der Waals surface area contributed by atoms with Crippen molar-refractivity contribution in [2.24, 2.45) is 0 Å². The van der Waals surface area contributed by atoms with E-state index in [0.717, 1.165) is 32.6 Å². The summed E-state index contributed by atoms with van der Waals surface area (Å²) in [6.45, 7) is 8.96. The van der Waals surface area contributed by atoms with Crippen molar-refractivity contribution in [2.75, 3.05) is 33.2 Å². The van der Waals surface area contributed by atoms with E-state index < -0.39 is 5.60 Å². The average molecular weight is 270 g/mol. The van der Waals surface area contributed by atoms with Gasteiger partial charge < -0.3 is 14.5 Å². The van der Waals surface area contributed by atoms with Gasteiger partial charge in [0.05, 0.1) is 6.42 Å². The number of carbonyl (C=O) groups excluding carboxylic acids is 2. The quantitative estimate of drug-likeness (QED) is 0.725. The molecule has 0 atom stereocenters. The molecular formula is C14H26N2O3. The molecule has 0 spiro atoms. The molecule has 0 bridgehead atoms. The molecular weight excluding hydrogens is 244 g/mol. The standard InChI is InChI=1S/C14H26N2O3/c1-14(2,3)19-13(18)7-6-12(17)16-9-5-8-15(4)10-11-16/h5-11H2,1-4H3. The van der Waals surface area contributed by atoms with Gasteiger partial charge in [-0.2, -0.15) is 0 Å². The zero-order valence-electron chi connectivity index (χ0n) is 12.6. The van der Waals surface area contributed by atoms with Gasteiger partial charge in [-0.25, -0.2) is 0 Å². The van der Waals surface area contributed by atoms with Crippen LogP contribution in [-0.2, 0) is 14.3 Å². The maximum absolute atomic E-state index is 12.0. The highest BCUT2D eigenvalue weighted by atomic mass is 16.6. The van der Waals surface area contributed by atoms with E-state index in [1.54, 1.807) is 0 Å². The Bertz CT molecular complexity index is 323. The predicted octanol–water partition coefficient (Wildman–Crippen LogP) is 1.27. The molecule has 19 heavy (non-hydrogen) atoms. The fourth-order valence-electron chi connectivity index (χ4n) is 2.06. The van der Waals surface area contributed by atoms with Crippen molar-refractivity contribution in [3.8, 4) is 0 Å². The highest BCUT2D eigenvalue weighted by Gasteiger charge is 2.20. The number of amides is 1. The Morgan fingerprint density at radius 1 is 1.05 bits per heavy atom. The Hall–Kier alpha value is -1.10. The number of esters is 1. The highest BCUT2D eigenvalue weighted by Crippen LogP contribution is 2.10. The number of carbonyl (C=O) groups is 2. The first-order chi connectivity index (χ1) is 8.78. The Morgan fingerprint density at radius 3 is 2.37 bits per heavy atom. The fraction of sp³-hybridized carbons (Fsp3) is 0.857. The Kier molecular flexibility index (Phi) is 5.79. The van der Waals surface area contributed by atoms with Crippen LogP contribution < -0.4 is 0 Å². The summed E-state index contributed by atoms with van der Waals surface area (Å²) in [4.78, 5) is 27.7. The SMILES string of the molecule is CN1CCCN(C(=O)CCC(=O)OC(C)(C)C)CC1. The first-order valence-corrected chi connectivity index (χ1v) is 6.96. The van der Waals surface area contributed by atoms with E-state index in [2.05, 4.69) is 11.9 Å². The minimum Gasteiger partial charge on any atom is -0.460 e. The monoisotopic (exact) mass is 270 g/mol. The summed E-state index contributed by atoms with van der Waals surface area (Å²) in [7, 11) is 2.06. The smallest absolute Gasteiger partial charge is 0.306 e. The molecule has 0 N–H and O–H groups in total. The van der Waals surface area contributed by atoms with Crippen LogP contribution in [0.2, 0.25) is 0 Å². The molecule has 1 aliphatic rings. The number of ether oxygens (including phenoxy) is 1. The Balaban J connectivity index is 2.32. The number of likely N-dealkylation sites (N-methyl/N-ethyl adjacent to an activating group) is 1. The van der Waals surface area contributed by atoms with Gasteiger partial charge in [-0.3, -0.25) is 9.59 Å². The lowest BCUT2D eigenvalue weighted by molar-refractivity contribution is -0.156. The van der Waals surface area contributed by atoms with E-state index in [1.807, 2.05) is 25.7 Å². The van der Waals surface area contributed by atoms with Crippen LogP contribution in [0, 0.1) is 0 Å². The van der Waals surface area contributed by atoms with Gasteiger partial charge in [0.2, 0.25) is 5.91 Å². The maximum atomic E-state index is 12.0. The number of hydrogen-bond acceptors (Lipinski definition) is 4. The zero-order valence-corrected chi connectivity index (χ0v) is 12.6. The lowest BCUT2D eigenvalue weighted by Gasteiger charge is -2.22. The van der Waals surface area contributed by atoms with Crippen LogP contribution in [0.25, 0.3) is 0 Å². The van der Waals surface area contributed by atoms with Crippen molar-refractivity contribution in [1.29, 1.82) is 0 Å². The predicted molar refractivity (Wildman–Crippen MR) is 73.8 cm³/mol. The van der Waals surface area contributed by atoms with Gasteiger partial charge in [-0.15, -0.1) is 0 Å². The molecule has 5 heteroatoms. The number of nitrogens with zero attached hydrogens (tertiary/aromatic N) is 2. The van der Waals surface area contributed by atoms with Gasteiger partial charge in [0.15, 0.2) is 0 Å². The largest absolute Gasteiger partial charge is 0.460 e. The van der Waals surface area contributed by atoms with E-state index in [1.165, 1.54) is 0 Å². The summed E-state index contributed by atoms with van der Waals surface area (Å²) >= 11 is 0. The van der Waals surface area contributed by atoms with Crippen LogP contribution in [0.15, 0.2) is 0 Å². The van der Waals surface area contributed by atoms with Crippen LogP contribution in [-0.4, -0.2) is 60.5 Å². The highest BCUT2D eigenvalue weighted by molar-refractivity contribution is 5.81. The van der Waals surface area contributed by atoms with Gasteiger partial charge in [0.1, 0.15) is 5.60 Å². The summed E-state index contributed by atoms with van der Waals surface area (Å²) in [6.07, 6.45) is 1.41. The van der Waals surface area contributed by atoms with Crippen LogP contribution in [0.4, 0.5) is 0 Å². The van der Waals surface area contributed by atoms with E-state index in [9.17, 15) is 9.59 Å². The van der Waals surface area contributed by atoms with E-state index in [0.29, 0.717) is 0 Å². The van der Waals surface area contributed by atoms with Gasteiger partial charge in [0, 0.05) is 26.1 Å². The molecule has 110 valence electrons. The van der Waals surface area contributed by atoms with Crippen LogP contribution >= 0.6 is 0 Å². The molecule has 5 nitrogen and oxygen atoms in total. The number of hydrogen-bond donors (Lipinski definition) is 0. The third-order valence-corrected chi connectivity index (χ3v) is 3.04. The second kappa shape index (κ2) is 6.89. The lowest BCUT2D eigenvalue weighted by Crippen LogP contribution is -2.35. The molecule has 0 saturated carbocycles. The summed E-state index contributed by atoms with van der Waals surface area (Å²) in [5.41, 5.74) is -0.481. The first kappa shape index (κ1) is 16.0. The van der Waals surface area contributed by atoms with Crippen molar-refractivity contribution in [2.45, 2.75) is 45.6 Å². The third-order valence-electron chi connectivity index (χ3n) is 3.04. The Morgan fingerprint density at radius 2 is 1.74 bits per heavy atom. The molecule has 1 rings (SSSR count). The second-order valence-corrected chi connectivity index (χ2v) is 6.12. The molecule has 1 heterocycles. The Labute approximate surface area is 115 Å². The van der Waals surface area contributed by atoms with Crippen molar-refractivity contribution in [3.05, 3.63) is 0 Å². The molecule has 1 fully saturated rings. The van der Waals surface area contributed by atoms with Gasteiger partial charge in [0.25, 0.3) is 0 Å². The molecule has 1 aliphatic heterocycles. The van der Waals surface area contributed by atoms with E-state index in [-0.39, 0.29) is 24.7 Å². The van der Waals surface area contributed by atoms with Gasteiger partial charge in [-0.1, -0.05) is 0 Å². The van der Waals surface area contributed by atoms with E-state index in [4.69, 9.17) is 4.74 Å². The normalized spacial score (nSPS) is 18.0. The van der Waals surface area contributed by atoms with E-state index >= 15 is 0 Å². The van der Waals surface area contributed by atoms with Crippen LogP contribution in [0.5, 0.6) is 0 Å². The molecule has 0 radical (unpaired) electrons. The molecule has 0 unspecified atom stereocenters. The molecule has 0 aromatic carbocycles. The molecule has 0 aromatic rings. The summed E-state index contributed by atoms with van der Waals surface area (Å²) in [6, 6.07) is 0. The second-order valence-electron chi connectivity index (χ2n) is 6.12. The topological polar surface area (TPSA) is 49.9 Å². The fourth-order valence-corrected chi connectivity index (χ4v) is 2.06. The first-order valence-electron chi connectivity index (χ1n) is 6.96. The van der Waals surface area contributed by atoms with Crippen molar-refractivity contribution in [3.63, 3.8) is 0 Å². The summed E-state index contributed by atoms with van der Waals surface area (Å²) in [5.74, 6) is -0.242. The molecule has 0 aromatic heterocycles. The minimum atomic E-state index is -0.481. The molecule has 0 aliphatic carbocycles. The zero-order chi connectivity index (χ0) is 14.5. The maximum Gasteiger partial charge on any atom is 0.306 e. The van der Waals surface area contributed by atoms with Gasteiger partial charge >= 0.3 is 5.97 Å². The average Bonchev–Trinajstić information content (AvgIpc) is 2.48. The van der Waals surface area contributed by atoms with Crippen molar-refractivity contribution >= 4 is 11.9 Å². The van der Waals surface area contributed by atoms with Crippen molar-refractivity contribution in [1.82, 2.24) is 9.80 Å². The molecule has 1 amide bonds. The third kappa shape index (κ3) is 6.57. The number of rotatable bonds is 3. The van der Waals surface area contributed by atoms with Crippen LogP contribution in [0.1, 0.15) is 40.0 Å². The van der Waals surface area contributed by atoms with Crippen LogP contribution in [0.3, 0.4) is 0 Å².